The first-order valence-corrected chi connectivity index (χ1v) is 10.1. The maximum Gasteiger partial charge on any atom is 0.261 e. The van der Waals surface area contributed by atoms with Crippen molar-refractivity contribution >= 4 is 27.8 Å². The Balaban J connectivity index is 1.46. The van der Waals surface area contributed by atoms with E-state index in [4.69, 9.17) is 4.42 Å². The van der Waals surface area contributed by atoms with Crippen LogP contribution < -0.4 is 10.9 Å². The van der Waals surface area contributed by atoms with Gasteiger partial charge in [-0.1, -0.05) is 48.5 Å². The number of furan rings is 1. The Bertz CT molecular complexity index is 1460. The molecule has 0 unspecified atom stereocenters. The van der Waals surface area contributed by atoms with Gasteiger partial charge in [-0.3, -0.25) is 14.2 Å². The molecule has 0 saturated heterocycles. The van der Waals surface area contributed by atoms with Crippen molar-refractivity contribution in [2.75, 3.05) is 0 Å². The highest BCUT2D eigenvalue weighted by Gasteiger charge is 2.21. The first kappa shape index (κ1) is 19.7. The number of hydrogen-bond donors (Lipinski definition) is 1. The molecule has 0 aliphatic heterocycles. The molecular weight excluding hydrogens is 409 g/mol. The molecule has 0 radical (unpaired) electrons. The minimum absolute atomic E-state index is 0.122. The summed E-state index contributed by atoms with van der Waals surface area (Å²) < 4.78 is 20.7. The highest BCUT2D eigenvalue weighted by atomic mass is 19.1. The third-order valence-electron chi connectivity index (χ3n) is 5.27. The Morgan fingerprint density at radius 2 is 1.81 bits per heavy atom. The molecule has 1 amide bonds. The standard InChI is InChI=1S/C25H18FN3O3/c26-18-10-11-20-19(13-18)25(31)29(15-27-20)14-23(30)28-24(16-6-2-1-3-7-16)22-12-17-8-4-5-9-21(17)32-22/h1-13,15,24H,14H2,(H,28,30)/t24-/m1/s1. The van der Waals surface area contributed by atoms with E-state index in [9.17, 15) is 14.0 Å². The average molecular weight is 427 g/mol. The Kier molecular flexibility index (Phi) is 4.99. The molecule has 1 N–H and O–H groups in total. The fraction of sp³-hybridized carbons (Fsp3) is 0.0800. The second kappa shape index (κ2) is 8.11. The summed E-state index contributed by atoms with van der Waals surface area (Å²) in [5, 5.41) is 4.00. The molecule has 5 rings (SSSR count). The predicted octanol–water partition coefficient (Wildman–Crippen LogP) is 4.19. The number of carbonyl (C=O) groups is 1. The molecule has 6 nitrogen and oxygen atoms in total. The molecule has 7 heteroatoms. The number of nitrogens with zero attached hydrogens (tertiary/aromatic N) is 2. The van der Waals surface area contributed by atoms with Crippen LogP contribution in [0.1, 0.15) is 17.4 Å². The van der Waals surface area contributed by atoms with Crippen LogP contribution in [0.2, 0.25) is 0 Å². The van der Waals surface area contributed by atoms with Gasteiger partial charge in [0.25, 0.3) is 5.56 Å². The van der Waals surface area contributed by atoms with E-state index in [1.54, 1.807) is 0 Å². The number of nitrogens with one attached hydrogen (secondary N) is 1. The number of rotatable bonds is 5. The normalized spacial score (nSPS) is 12.2. The van der Waals surface area contributed by atoms with E-state index in [1.807, 2.05) is 60.7 Å². The SMILES string of the molecule is O=C(Cn1cnc2ccc(F)cc2c1=O)N[C@H](c1ccccc1)c1cc2ccccc2o1. The second-order valence-electron chi connectivity index (χ2n) is 7.44. The van der Waals surface area contributed by atoms with Crippen molar-refractivity contribution in [3.05, 3.63) is 113 Å². The third kappa shape index (κ3) is 3.76. The third-order valence-corrected chi connectivity index (χ3v) is 5.27. The largest absolute Gasteiger partial charge is 0.459 e. The van der Waals surface area contributed by atoms with Gasteiger partial charge in [0.15, 0.2) is 0 Å². The number of benzene rings is 3. The van der Waals surface area contributed by atoms with Gasteiger partial charge in [0.2, 0.25) is 5.91 Å². The molecule has 32 heavy (non-hydrogen) atoms. The number of halogens is 1. The fourth-order valence-electron chi connectivity index (χ4n) is 3.71. The van der Waals surface area contributed by atoms with Crippen molar-refractivity contribution in [1.29, 1.82) is 0 Å². The molecule has 158 valence electrons. The quantitative estimate of drug-likeness (QED) is 0.456. The molecule has 1 atom stereocenters. The van der Waals surface area contributed by atoms with Gasteiger partial charge < -0.3 is 9.73 Å². The van der Waals surface area contributed by atoms with Crippen molar-refractivity contribution in [3.8, 4) is 0 Å². The van der Waals surface area contributed by atoms with Gasteiger partial charge in [-0.25, -0.2) is 9.37 Å². The van der Waals surface area contributed by atoms with Crippen LogP contribution in [0.4, 0.5) is 4.39 Å². The average Bonchev–Trinajstić information content (AvgIpc) is 3.24. The zero-order valence-electron chi connectivity index (χ0n) is 16.9. The lowest BCUT2D eigenvalue weighted by Gasteiger charge is -2.17. The van der Waals surface area contributed by atoms with E-state index in [0.29, 0.717) is 11.3 Å². The Hall–Kier alpha value is -4.26. The van der Waals surface area contributed by atoms with Gasteiger partial charge in [0.1, 0.15) is 29.7 Å². The minimum atomic E-state index is -0.544. The first-order valence-electron chi connectivity index (χ1n) is 10.1. The Morgan fingerprint density at radius 3 is 2.62 bits per heavy atom. The Morgan fingerprint density at radius 1 is 1.03 bits per heavy atom. The van der Waals surface area contributed by atoms with Gasteiger partial charge >= 0.3 is 0 Å². The number of hydrogen-bond acceptors (Lipinski definition) is 4. The molecule has 3 aromatic carbocycles. The van der Waals surface area contributed by atoms with Gasteiger partial charge in [-0.05, 0) is 35.9 Å². The van der Waals surface area contributed by atoms with Crippen LogP contribution in [0.15, 0.2) is 94.4 Å². The van der Waals surface area contributed by atoms with Gasteiger partial charge in [-0.15, -0.1) is 0 Å². The number of para-hydroxylation sites is 1. The van der Waals surface area contributed by atoms with Crippen LogP contribution in [0.5, 0.6) is 0 Å². The smallest absolute Gasteiger partial charge is 0.261 e. The lowest BCUT2D eigenvalue weighted by molar-refractivity contribution is -0.122. The number of carbonyl (C=O) groups excluding carboxylic acids is 1. The molecule has 2 aromatic heterocycles. The van der Waals surface area contributed by atoms with Crippen LogP contribution in [0, 0.1) is 5.82 Å². The van der Waals surface area contributed by atoms with Gasteiger partial charge in [0, 0.05) is 5.39 Å². The monoisotopic (exact) mass is 427 g/mol. The van der Waals surface area contributed by atoms with Crippen molar-refractivity contribution in [1.82, 2.24) is 14.9 Å². The van der Waals surface area contributed by atoms with Crippen LogP contribution >= 0.6 is 0 Å². The van der Waals surface area contributed by atoms with E-state index < -0.39 is 23.3 Å². The highest BCUT2D eigenvalue weighted by Crippen LogP contribution is 2.28. The van der Waals surface area contributed by atoms with Crippen molar-refractivity contribution in [2.45, 2.75) is 12.6 Å². The van der Waals surface area contributed by atoms with Crippen LogP contribution in [-0.2, 0) is 11.3 Å². The topological polar surface area (TPSA) is 77.1 Å². The summed E-state index contributed by atoms with van der Waals surface area (Å²) in [7, 11) is 0. The molecule has 0 bridgehead atoms. The van der Waals surface area contributed by atoms with Crippen molar-refractivity contribution in [3.63, 3.8) is 0 Å². The number of amides is 1. The second-order valence-corrected chi connectivity index (χ2v) is 7.44. The molecule has 0 fully saturated rings. The summed E-state index contributed by atoms with van der Waals surface area (Å²) in [4.78, 5) is 29.8. The fourth-order valence-corrected chi connectivity index (χ4v) is 3.71. The summed E-state index contributed by atoms with van der Waals surface area (Å²) in [5.74, 6) is -0.358. The summed E-state index contributed by atoms with van der Waals surface area (Å²) in [5.41, 5.74) is 1.45. The molecule has 5 aromatic rings. The maximum atomic E-state index is 13.6. The predicted molar refractivity (Wildman–Crippen MR) is 119 cm³/mol. The van der Waals surface area contributed by atoms with E-state index >= 15 is 0 Å². The molecule has 0 aliphatic rings. The molecular formula is C25H18FN3O3. The van der Waals surface area contributed by atoms with Crippen LogP contribution in [0.25, 0.3) is 21.9 Å². The summed E-state index contributed by atoms with van der Waals surface area (Å²) >= 11 is 0. The zero-order valence-corrected chi connectivity index (χ0v) is 16.9. The van der Waals surface area contributed by atoms with Gasteiger partial charge in [0.05, 0.1) is 17.2 Å². The van der Waals surface area contributed by atoms with Crippen LogP contribution in [0.3, 0.4) is 0 Å². The van der Waals surface area contributed by atoms with E-state index in [2.05, 4.69) is 10.3 Å². The summed E-state index contributed by atoms with van der Waals surface area (Å²) in [6, 6.07) is 22.2. The van der Waals surface area contributed by atoms with Gasteiger partial charge in [-0.2, -0.15) is 0 Å². The lowest BCUT2D eigenvalue weighted by Crippen LogP contribution is -2.35. The molecule has 0 spiro atoms. The van der Waals surface area contributed by atoms with Crippen LogP contribution in [-0.4, -0.2) is 15.5 Å². The van der Waals surface area contributed by atoms with Crippen molar-refractivity contribution in [2.24, 2.45) is 0 Å². The van der Waals surface area contributed by atoms with E-state index in [0.717, 1.165) is 27.2 Å². The number of fused-ring (bicyclic) bond motifs is 2. The molecule has 2 heterocycles. The Labute approximate surface area is 181 Å². The lowest BCUT2D eigenvalue weighted by atomic mass is 10.0. The maximum absolute atomic E-state index is 13.6. The molecule has 0 aliphatic carbocycles. The minimum Gasteiger partial charge on any atom is -0.459 e. The van der Waals surface area contributed by atoms with Crippen molar-refractivity contribution < 1.29 is 13.6 Å². The van der Waals surface area contributed by atoms with E-state index in [1.165, 1.54) is 18.5 Å². The summed E-state index contributed by atoms with van der Waals surface area (Å²) in [6.45, 7) is -0.262. The summed E-state index contributed by atoms with van der Waals surface area (Å²) in [6.07, 6.45) is 1.29. The highest BCUT2D eigenvalue weighted by molar-refractivity contribution is 5.80. The zero-order chi connectivity index (χ0) is 22.1. The molecule has 0 saturated carbocycles. The van der Waals surface area contributed by atoms with E-state index in [-0.39, 0.29) is 11.9 Å². The number of aromatic nitrogens is 2. The first-order chi connectivity index (χ1) is 15.6.